The van der Waals surface area contributed by atoms with E-state index >= 15 is 0 Å². The lowest BCUT2D eigenvalue weighted by molar-refractivity contribution is -0.120. The zero-order chi connectivity index (χ0) is 7.90. The van der Waals surface area contributed by atoms with Gasteiger partial charge >= 0.3 is 0 Å². The van der Waals surface area contributed by atoms with Gasteiger partial charge in [-0.2, -0.15) is 0 Å². The fourth-order valence-electron chi connectivity index (χ4n) is 2.33. The van der Waals surface area contributed by atoms with Crippen LogP contribution in [0.3, 0.4) is 0 Å². The Balaban J connectivity index is 1.92. The van der Waals surface area contributed by atoms with Crippen LogP contribution in [-0.2, 0) is 4.79 Å². The van der Waals surface area contributed by atoms with Crippen molar-refractivity contribution in [3.63, 3.8) is 0 Å². The summed E-state index contributed by atoms with van der Waals surface area (Å²) >= 11 is 0. The second-order valence-electron chi connectivity index (χ2n) is 3.91. The molecule has 0 aromatic carbocycles. The van der Waals surface area contributed by atoms with Gasteiger partial charge in [-0.05, 0) is 24.2 Å². The molecule has 1 aliphatic carbocycles. The molecule has 0 bridgehead atoms. The number of hydrogen-bond donors (Lipinski definition) is 2. The van der Waals surface area contributed by atoms with Gasteiger partial charge in [0.15, 0.2) is 0 Å². The van der Waals surface area contributed by atoms with Crippen molar-refractivity contribution in [2.75, 3.05) is 13.2 Å². The SMILES string of the molecule is O=C1CC2(CN1)CC(CO)C2. The van der Waals surface area contributed by atoms with Crippen LogP contribution in [0.4, 0.5) is 0 Å². The summed E-state index contributed by atoms with van der Waals surface area (Å²) in [6.45, 7) is 1.12. The predicted molar refractivity (Wildman–Crippen MR) is 39.9 cm³/mol. The molecule has 0 radical (unpaired) electrons. The van der Waals surface area contributed by atoms with Gasteiger partial charge in [-0.1, -0.05) is 0 Å². The molecule has 1 amide bonds. The Kier molecular flexibility index (Phi) is 1.42. The first kappa shape index (κ1) is 7.10. The van der Waals surface area contributed by atoms with Crippen molar-refractivity contribution in [1.29, 1.82) is 0 Å². The average molecular weight is 155 g/mol. The third-order valence-electron chi connectivity index (χ3n) is 2.90. The molecule has 2 rings (SSSR count). The molecule has 2 N–H and O–H groups in total. The van der Waals surface area contributed by atoms with Crippen molar-refractivity contribution >= 4 is 5.91 Å². The average Bonchev–Trinajstić information content (AvgIpc) is 2.28. The highest BCUT2D eigenvalue weighted by atomic mass is 16.3. The van der Waals surface area contributed by atoms with Gasteiger partial charge in [-0.3, -0.25) is 4.79 Å². The summed E-state index contributed by atoms with van der Waals surface area (Å²) in [5.74, 6) is 0.643. The maximum absolute atomic E-state index is 10.9. The van der Waals surface area contributed by atoms with E-state index in [1.165, 1.54) is 0 Å². The van der Waals surface area contributed by atoms with E-state index in [0.717, 1.165) is 19.4 Å². The minimum atomic E-state index is 0.182. The molecule has 62 valence electrons. The minimum Gasteiger partial charge on any atom is -0.396 e. The molecule has 11 heavy (non-hydrogen) atoms. The second-order valence-corrected chi connectivity index (χ2v) is 3.91. The summed E-state index contributed by atoms with van der Waals surface area (Å²) in [7, 11) is 0. The molecule has 0 aromatic heterocycles. The van der Waals surface area contributed by atoms with Crippen LogP contribution >= 0.6 is 0 Å². The van der Waals surface area contributed by atoms with Crippen LogP contribution in [-0.4, -0.2) is 24.2 Å². The highest BCUT2D eigenvalue weighted by molar-refractivity contribution is 5.79. The summed E-state index contributed by atoms with van der Waals surface area (Å²) in [6.07, 6.45) is 2.74. The van der Waals surface area contributed by atoms with Crippen molar-refractivity contribution in [3.8, 4) is 0 Å². The van der Waals surface area contributed by atoms with Crippen LogP contribution in [0.25, 0.3) is 0 Å². The minimum absolute atomic E-state index is 0.182. The fourth-order valence-corrected chi connectivity index (χ4v) is 2.33. The van der Waals surface area contributed by atoms with Crippen LogP contribution < -0.4 is 5.32 Å². The monoisotopic (exact) mass is 155 g/mol. The molecule has 1 heterocycles. The summed E-state index contributed by atoms with van der Waals surface area (Å²) in [6, 6.07) is 0. The Morgan fingerprint density at radius 1 is 1.64 bits per heavy atom. The number of carbonyl (C=O) groups is 1. The van der Waals surface area contributed by atoms with E-state index in [1.54, 1.807) is 0 Å². The molecule has 1 saturated carbocycles. The van der Waals surface area contributed by atoms with E-state index in [-0.39, 0.29) is 17.9 Å². The Bertz CT molecular complexity index is 185. The van der Waals surface area contributed by atoms with Gasteiger partial charge in [0.25, 0.3) is 0 Å². The topological polar surface area (TPSA) is 49.3 Å². The van der Waals surface area contributed by atoms with Crippen molar-refractivity contribution in [2.45, 2.75) is 19.3 Å². The predicted octanol–water partition coefficient (Wildman–Crippen LogP) is -0.105. The van der Waals surface area contributed by atoms with E-state index in [0.29, 0.717) is 12.3 Å². The third kappa shape index (κ3) is 1.03. The lowest BCUT2D eigenvalue weighted by Crippen LogP contribution is -2.40. The maximum atomic E-state index is 10.9. The number of amides is 1. The Labute approximate surface area is 65.8 Å². The Morgan fingerprint density at radius 3 is 2.82 bits per heavy atom. The molecule has 2 fully saturated rings. The molecule has 1 aliphatic heterocycles. The lowest BCUT2D eigenvalue weighted by atomic mass is 9.62. The van der Waals surface area contributed by atoms with Gasteiger partial charge < -0.3 is 10.4 Å². The van der Waals surface area contributed by atoms with Crippen LogP contribution in [0.2, 0.25) is 0 Å². The van der Waals surface area contributed by atoms with Crippen LogP contribution in [0, 0.1) is 11.3 Å². The molecule has 0 aromatic rings. The molecule has 3 nitrogen and oxygen atoms in total. The summed E-state index contributed by atoms with van der Waals surface area (Å²) < 4.78 is 0. The highest BCUT2D eigenvalue weighted by Gasteiger charge is 2.48. The summed E-state index contributed by atoms with van der Waals surface area (Å²) in [5.41, 5.74) is 0.241. The number of aliphatic hydroxyl groups is 1. The van der Waals surface area contributed by atoms with E-state index in [9.17, 15) is 4.79 Å². The van der Waals surface area contributed by atoms with Crippen LogP contribution in [0.1, 0.15) is 19.3 Å². The molecular formula is C8H13NO2. The first-order valence-electron chi connectivity index (χ1n) is 4.12. The van der Waals surface area contributed by atoms with E-state index < -0.39 is 0 Å². The number of carbonyl (C=O) groups excluding carboxylic acids is 1. The highest BCUT2D eigenvalue weighted by Crippen LogP contribution is 2.49. The first-order valence-corrected chi connectivity index (χ1v) is 4.12. The number of hydrogen-bond acceptors (Lipinski definition) is 2. The summed E-state index contributed by atoms with van der Waals surface area (Å²) in [5, 5.41) is 11.6. The molecular weight excluding hydrogens is 142 g/mol. The molecule has 0 atom stereocenters. The standard InChI is InChI=1S/C8H13NO2/c10-4-6-1-8(2-6)3-7(11)9-5-8/h6,10H,1-5H2,(H,9,11). The maximum Gasteiger partial charge on any atom is 0.220 e. The van der Waals surface area contributed by atoms with E-state index in [4.69, 9.17) is 5.11 Å². The van der Waals surface area contributed by atoms with Crippen LogP contribution in [0.15, 0.2) is 0 Å². The zero-order valence-corrected chi connectivity index (χ0v) is 6.47. The van der Waals surface area contributed by atoms with Gasteiger partial charge in [0.2, 0.25) is 5.91 Å². The third-order valence-corrected chi connectivity index (χ3v) is 2.90. The van der Waals surface area contributed by atoms with Crippen molar-refractivity contribution in [2.24, 2.45) is 11.3 Å². The van der Waals surface area contributed by atoms with Crippen molar-refractivity contribution in [1.82, 2.24) is 5.32 Å². The van der Waals surface area contributed by atoms with E-state index in [1.807, 2.05) is 0 Å². The smallest absolute Gasteiger partial charge is 0.220 e. The molecule has 0 unspecified atom stereocenters. The number of aliphatic hydroxyl groups excluding tert-OH is 1. The largest absolute Gasteiger partial charge is 0.396 e. The van der Waals surface area contributed by atoms with Crippen molar-refractivity contribution < 1.29 is 9.90 Å². The second kappa shape index (κ2) is 2.21. The van der Waals surface area contributed by atoms with Gasteiger partial charge in [-0.25, -0.2) is 0 Å². The van der Waals surface area contributed by atoms with Crippen LogP contribution in [0.5, 0.6) is 0 Å². The van der Waals surface area contributed by atoms with Gasteiger partial charge in [-0.15, -0.1) is 0 Å². The van der Waals surface area contributed by atoms with Gasteiger partial charge in [0.05, 0.1) is 0 Å². The first-order chi connectivity index (χ1) is 5.24. The number of rotatable bonds is 1. The zero-order valence-electron chi connectivity index (χ0n) is 6.47. The number of nitrogens with one attached hydrogen (secondary N) is 1. The Hall–Kier alpha value is -0.570. The lowest BCUT2D eigenvalue weighted by Gasteiger charge is -2.43. The Morgan fingerprint density at radius 2 is 2.36 bits per heavy atom. The van der Waals surface area contributed by atoms with Gasteiger partial charge in [0, 0.05) is 19.6 Å². The molecule has 2 aliphatic rings. The normalized spacial score (nSPS) is 42.3. The molecule has 3 heteroatoms. The summed E-state index contributed by atoms with van der Waals surface area (Å²) in [4.78, 5) is 10.9. The molecule has 1 spiro atoms. The molecule has 1 saturated heterocycles. The fraction of sp³-hybridized carbons (Fsp3) is 0.875. The van der Waals surface area contributed by atoms with E-state index in [2.05, 4.69) is 5.32 Å². The quantitative estimate of drug-likeness (QED) is 0.555. The van der Waals surface area contributed by atoms with Crippen molar-refractivity contribution in [3.05, 3.63) is 0 Å². The van der Waals surface area contributed by atoms with Gasteiger partial charge in [0.1, 0.15) is 0 Å².